The topological polar surface area (TPSA) is 26.3 Å². The van der Waals surface area contributed by atoms with Crippen molar-refractivity contribution in [3.05, 3.63) is 70.2 Å². The van der Waals surface area contributed by atoms with Crippen LogP contribution in [0.25, 0.3) is 0 Å². The average molecular weight is 317 g/mol. The van der Waals surface area contributed by atoms with E-state index in [1.165, 1.54) is 0 Å². The fourth-order valence-corrected chi connectivity index (χ4v) is 2.77. The molecule has 2 nitrogen and oxygen atoms in total. The Hall–Kier alpha value is -1.61. The second kappa shape index (κ2) is 5.17. The Labute approximate surface area is 120 Å². The van der Waals surface area contributed by atoms with Gasteiger partial charge in [0.2, 0.25) is 0 Å². The van der Waals surface area contributed by atoms with Crippen molar-refractivity contribution >= 4 is 21.9 Å². The molecule has 1 aliphatic heterocycles. The highest BCUT2D eigenvalue weighted by molar-refractivity contribution is 9.10. The SMILES string of the molecule is O=C1C[C@H](c2ccccc2)[C@@H](c2ccc(Br)cc2)O1. The van der Waals surface area contributed by atoms with Crippen LogP contribution in [-0.4, -0.2) is 5.97 Å². The molecule has 0 spiro atoms. The quantitative estimate of drug-likeness (QED) is 0.775. The monoisotopic (exact) mass is 316 g/mol. The summed E-state index contributed by atoms with van der Waals surface area (Å²) in [5.74, 6) is -0.0170. The minimum Gasteiger partial charge on any atom is -0.457 e. The number of esters is 1. The fraction of sp³-hybridized carbons (Fsp3) is 0.188. The average Bonchev–Trinajstić information content (AvgIpc) is 2.83. The molecule has 96 valence electrons. The van der Waals surface area contributed by atoms with E-state index in [4.69, 9.17) is 4.74 Å². The van der Waals surface area contributed by atoms with Gasteiger partial charge in [-0.05, 0) is 23.3 Å². The number of hydrogen-bond donors (Lipinski definition) is 0. The lowest BCUT2D eigenvalue weighted by molar-refractivity contribution is -0.141. The van der Waals surface area contributed by atoms with E-state index < -0.39 is 0 Å². The summed E-state index contributed by atoms with van der Waals surface area (Å²) in [5, 5.41) is 0. The van der Waals surface area contributed by atoms with Crippen LogP contribution in [0.1, 0.15) is 29.6 Å². The number of ether oxygens (including phenoxy) is 1. The van der Waals surface area contributed by atoms with Crippen molar-refractivity contribution in [1.82, 2.24) is 0 Å². The van der Waals surface area contributed by atoms with E-state index in [1.807, 2.05) is 42.5 Å². The summed E-state index contributed by atoms with van der Waals surface area (Å²) >= 11 is 3.42. The van der Waals surface area contributed by atoms with Crippen molar-refractivity contribution in [3.63, 3.8) is 0 Å². The van der Waals surface area contributed by atoms with Crippen LogP contribution in [0.2, 0.25) is 0 Å². The van der Waals surface area contributed by atoms with Crippen molar-refractivity contribution in [2.24, 2.45) is 0 Å². The molecule has 2 aromatic rings. The zero-order valence-electron chi connectivity index (χ0n) is 10.3. The van der Waals surface area contributed by atoms with Gasteiger partial charge in [0, 0.05) is 10.4 Å². The Morgan fingerprint density at radius 1 is 0.947 bits per heavy atom. The first kappa shape index (κ1) is 12.4. The van der Waals surface area contributed by atoms with Gasteiger partial charge in [-0.15, -0.1) is 0 Å². The molecule has 2 aromatic carbocycles. The van der Waals surface area contributed by atoms with E-state index in [0.717, 1.165) is 15.6 Å². The van der Waals surface area contributed by atoms with Gasteiger partial charge in [-0.3, -0.25) is 4.79 Å². The summed E-state index contributed by atoms with van der Waals surface area (Å²) in [5.41, 5.74) is 2.20. The highest BCUT2D eigenvalue weighted by atomic mass is 79.9. The maximum atomic E-state index is 11.6. The molecule has 2 atom stereocenters. The van der Waals surface area contributed by atoms with E-state index in [9.17, 15) is 4.79 Å². The van der Waals surface area contributed by atoms with Crippen LogP contribution in [-0.2, 0) is 9.53 Å². The summed E-state index contributed by atoms with van der Waals surface area (Å²) in [4.78, 5) is 11.6. The zero-order valence-corrected chi connectivity index (χ0v) is 11.8. The molecule has 1 heterocycles. The molecule has 1 aliphatic rings. The number of halogens is 1. The van der Waals surface area contributed by atoms with Crippen molar-refractivity contribution < 1.29 is 9.53 Å². The van der Waals surface area contributed by atoms with Crippen LogP contribution in [0.5, 0.6) is 0 Å². The maximum Gasteiger partial charge on any atom is 0.307 e. The summed E-state index contributed by atoms with van der Waals surface area (Å²) in [6.07, 6.45) is 0.271. The van der Waals surface area contributed by atoms with Crippen molar-refractivity contribution in [2.75, 3.05) is 0 Å². The molecule has 0 N–H and O–H groups in total. The van der Waals surface area contributed by atoms with E-state index in [-0.39, 0.29) is 18.0 Å². The zero-order chi connectivity index (χ0) is 13.2. The third-order valence-electron chi connectivity index (χ3n) is 3.44. The molecule has 3 rings (SSSR count). The van der Waals surface area contributed by atoms with Crippen LogP contribution >= 0.6 is 15.9 Å². The van der Waals surface area contributed by atoms with Gasteiger partial charge in [0.25, 0.3) is 0 Å². The molecule has 1 saturated heterocycles. The van der Waals surface area contributed by atoms with E-state index in [2.05, 4.69) is 28.1 Å². The highest BCUT2D eigenvalue weighted by Crippen LogP contribution is 2.42. The van der Waals surface area contributed by atoms with Crippen LogP contribution in [0.3, 0.4) is 0 Å². The second-order valence-corrected chi connectivity index (χ2v) is 5.60. The molecule has 0 radical (unpaired) electrons. The first-order valence-corrected chi connectivity index (χ1v) is 7.03. The van der Waals surface area contributed by atoms with Crippen LogP contribution in [0.4, 0.5) is 0 Å². The van der Waals surface area contributed by atoms with Crippen LogP contribution in [0, 0.1) is 0 Å². The Balaban J connectivity index is 1.95. The lowest BCUT2D eigenvalue weighted by atomic mass is 9.89. The molecule has 0 saturated carbocycles. The third kappa shape index (κ3) is 2.56. The van der Waals surface area contributed by atoms with Gasteiger partial charge in [-0.2, -0.15) is 0 Å². The van der Waals surface area contributed by atoms with E-state index in [0.29, 0.717) is 6.42 Å². The number of benzene rings is 2. The lowest BCUT2D eigenvalue weighted by Crippen LogP contribution is -2.06. The molecular weight excluding hydrogens is 304 g/mol. The largest absolute Gasteiger partial charge is 0.457 e. The Kier molecular flexibility index (Phi) is 3.38. The summed E-state index contributed by atoms with van der Waals surface area (Å²) in [6.45, 7) is 0. The van der Waals surface area contributed by atoms with Crippen molar-refractivity contribution in [2.45, 2.75) is 18.4 Å². The highest BCUT2D eigenvalue weighted by Gasteiger charge is 2.36. The Bertz CT molecular complexity index is 577. The second-order valence-electron chi connectivity index (χ2n) is 4.68. The predicted molar refractivity (Wildman–Crippen MR) is 76.8 cm³/mol. The summed E-state index contributed by atoms with van der Waals surface area (Å²) in [7, 11) is 0. The molecular formula is C16H13BrO2. The fourth-order valence-electron chi connectivity index (χ4n) is 2.50. The molecule has 0 unspecified atom stereocenters. The van der Waals surface area contributed by atoms with Crippen LogP contribution < -0.4 is 0 Å². The summed E-state index contributed by atoms with van der Waals surface area (Å²) in [6, 6.07) is 18.0. The van der Waals surface area contributed by atoms with Crippen molar-refractivity contribution in [1.29, 1.82) is 0 Å². The van der Waals surface area contributed by atoms with E-state index in [1.54, 1.807) is 0 Å². The minimum absolute atomic E-state index is 0.106. The van der Waals surface area contributed by atoms with Crippen LogP contribution in [0.15, 0.2) is 59.1 Å². The molecule has 19 heavy (non-hydrogen) atoms. The first-order valence-electron chi connectivity index (χ1n) is 6.24. The molecule has 0 aromatic heterocycles. The van der Waals surface area contributed by atoms with Gasteiger partial charge in [0.05, 0.1) is 6.42 Å². The smallest absolute Gasteiger partial charge is 0.307 e. The van der Waals surface area contributed by atoms with Gasteiger partial charge in [0.1, 0.15) is 6.10 Å². The number of carbonyl (C=O) groups excluding carboxylic acids is 1. The summed E-state index contributed by atoms with van der Waals surface area (Å²) < 4.78 is 6.52. The normalized spacial score (nSPS) is 22.3. The molecule has 0 bridgehead atoms. The Morgan fingerprint density at radius 2 is 1.63 bits per heavy atom. The standard InChI is InChI=1S/C16H13BrO2/c17-13-8-6-12(7-9-13)16-14(10-15(18)19-16)11-4-2-1-3-5-11/h1-9,14,16H,10H2/t14-,16-/m1/s1. The minimum atomic E-state index is -0.178. The molecule has 3 heteroatoms. The lowest BCUT2D eigenvalue weighted by Gasteiger charge is -2.18. The van der Waals surface area contributed by atoms with Gasteiger partial charge in [-0.1, -0.05) is 58.4 Å². The molecule has 1 fully saturated rings. The number of carbonyl (C=O) groups is 1. The van der Waals surface area contributed by atoms with Gasteiger partial charge < -0.3 is 4.74 Å². The molecule has 0 amide bonds. The number of cyclic esters (lactones) is 1. The number of hydrogen-bond acceptors (Lipinski definition) is 2. The maximum absolute atomic E-state index is 11.6. The van der Waals surface area contributed by atoms with Gasteiger partial charge in [-0.25, -0.2) is 0 Å². The van der Waals surface area contributed by atoms with Gasteiger partial charge >= 0.3 is 5.97 Å². The Morgan fingerprint density at radius 3 is 2.32 bits per heavy atom. The predicted octanol–water partition coefficient (Wildman–Crippen LogP) is 4.22. The third-order valence-corrected chi connectivity index (χ3v) is 3.97. The first-order chi connectivity index (χ1) is 9.24. The van der Waals surface area contributed by atoms with Crippen molar-refractivity contribution in [3.8, 4) is 0 Å². The van der Waals surface area contributed by atoms with Gasteiger partial charge in [0.15, 0.2) is 0 Å². The number of rotatable bonds is 2. The van der Waals surface area contributed by atoms with E-state index >= 15 is 0 Å². The molecule has 0 aliphatic carbocycles.